The Morgan fingerprint density at radius 2 is 1.86 bits per heavy atom. The van der Waals surface area contributed by atoms with Gasteiger partial charge in [0.1, 0.15) is 0 Å². The zero-order valence-electron chi connectivity index (χ0n) is 11.9. The normalized spacial score (nSPS) is 11.0. The minimum absolute atomic E-state index is 0.125. The Balaban J connectivity index is 1.81. The van der Waals surface area contributed by atoms with Crippen molar-refractivity contribution in [1.82, 2.24) is 4.72 Å². The van der Waals surface area contributed by atoms with Crippen molar-refractivity contribution >= 4 is 21.8 Å². The van der Waals surface area contributed by atoms with Crippen LogP contribution >= 0.6 is 11.8 Å². The van der Waals surface area contributed by atoms with Gasteiger partial charge in [0, 0.05) is 18.1 Å². The molecule has 0 heterocycles. The molecule has 0 spiro atoms. The summed E-state index contributed by atoms with van der Waals surface area (Å²) in [5, 5.41) is 8.81. The largest absolute Gasteiger partial charge is 0.240 e. The lowest BCUT2D eigenvalue weighted by molar-refractivity contribution is 0.584. The van der Waals surface area contributed by atoms with Crippen LogP contribution in [0.1, 0.15) is 11.1 Å². The molecule has 0 fully saturated rings. The summed E-state index contributed by atoms with van der Waals surface area (Å²) in [4.78, 5) is 0.125. The minimum atomic E-state index is -3.55. The molecule has 1 N–H and O–H groups in total. The maximum atomic E-state index is 12.1. The zero-order valence-corrected chi connectivity index (χ0v) is 13.5. The molecule has 0 aliphatic heterocycles. The summed E-state index contributed by atoms with van der Waals surface area (Å²) in [5.41, 5.74) is 1.55. The molecule has 2 aromatic rings. The van der Waals surface area contributed by atoms with E-state index in [1.807, 2.05) is 36.4 Å². The topological polar surface area (TPSA) is 70.0 Å². The van der Waals surface area contributed by atoms with Gasteiger partial charge in [0.15, 0.2) is 0 Å². The molecule has 0 amide bonds. The molecule has 0 bridgehead atoms. The van der Waals surface area contributed by atoms with E-state index in [9.17, 15) is 8.42 Å². The molecule has 4 nitrogen and oxygen atoms in total. The molecular formula is C16H16N2O2S2. The number of nitriles is 1. The van der Waals surface area contributed by atoms with E-state index in [0.29, 0.717) is 17.9 Å². The molecule has 22 heavy (non-hydrogen) atoms. The number of benzene rings is 2. The third-order valence-corrected chi connectivity index (χ3v) is 5.41. The quantitative estimate of drug-likeness (QED) is 0.792. The number of nitrogens with one attached hydrogen (secondary N) is 1. The van der Waals surface area contributed by atoms with Crippen LogP contribution in [0.4, 0.5) is 0 Å². The van der Waals surface area contributed by atoms with E-state index in [1.54, 1.807) is 23.9 Å². The van der Waals surface area contributed by atoms with E-state index in [1.165, 1.54) is 17.7 Å². The second-order valence-corrected chi connectivity index (χ2v) is 7.45. The summed E-state index contributed by atoms with van der Waals surface area (Å²) >= 11 is 1.67. The molecule has 0 saturated heterocycles. The standard InChI is InChI=1S/C16H16N2O2S2/c17-12-15-7-4-8-16(11-15)22(19,20)18-9-10-21-13-14-5-2-1-3-6-14/h1-8,11,18H,9-10,13H2. The van der Waals surface area contributed by atoms with Gasteiger partial charge in [0.2, 0.25) is 10.0 Å². The van der Waals surface area contributed by atoms with Gasteiger partial charge in [0.25, 0.3) is 0 Å². The average molecular weight is 332 g/mol. The van der Waals surface area contributed by atoms with Gasteiger partial charge in [-0.15, -0.1) is 0 Å². The first-order chi connectivity index (χ1) is 10.6. The van der Waals surface area contributed by atoms with Crippen LogP contribution in [0.5, 0.6) is 0 Å². The van der Waals surface area contributed by atoms with Crippen LogP contribution in [-0.2, 0) is 15.8 Å². The van der Waals surface area contributed by atoms with Crippen molar-refractivity contribution in [1.29, 1.82) is 5.26 Å². The van der Waals surface area contributed by atoms with Gasteiger partial charge >= 0.3 is 0 Å². The maximum absolute atomic E-state index is 12.1. The Hall–Kier alpha value is -1.81. The van der Waals surface area contributed by atoms with Crippen molar-refractivity contribution in [2.45, 2.75) is 10.6 Å². The first-order valence-corrected chi connectivity index (χ1v) is 9.37. The monoisotopic (exact) mass is 332 g/mol. The smallest absolute Gasteiger partial charge is 0.210 e. The van der Waals surface area contributed by atoms with Crippen molar-refractivity contribution in [2.24, 2.45) is 0 Å². The molecule has 0 saturated carbocycles. The van der Waals surface area contributed by atoms with Crippen molar-refractivity contribution in [3.05, 3.63) is 65.7 Å². The molecule has 114 valence electrons. The van der Waals surface area contributed by atoms with Gasteiger partial charge in [-0.2, -0.15) is 17.0 Å². The highest BCUT2D eigenvalue weighted by Gasteiger charge is 2.13. The third-order valence-electron chi connectivity index (χ3n) is 2.92. The summed E-state index contributed by atoms with van der Waals surface area (Å²) in [6.07, 6.45) is 0. The van der Waals surface area contributed by atoms with Gasteiger partial charge in [-0.1, -0.05) is 36.4 Å². The average Bonchev–Trinajstić information content (AvgIpc) is 2.55. The van der Waals surface area contributed by atoms with Gasteiger partial charge in [0.05, 0.1) is 16.5 Å². The number of thioether (sulfide) groups is 1. The van der Waals surface area contributed by atoms with Crippen molar-refractivity contribution in [3.8, 4) is 6.07 Å². The van der Waals surface area contributed by atoms with Crippen LogP contribution in [0.2, 0.25) is 0 Å². The van der Waals surface area contributed by atoms with E-state index in [2.05, 4.69) is 4.72 Å². The van der Waals surface area contributed by atoms with E-state index in [4.69, 9.17) is 5.26 Å². The molecule has 2 rings (SSSR count). The molecule has 0 unspecified atom stereocenters. The van der Waals surface area contributed by atoms with E-state index < -0.39 is 10.0 Å². The number of hydrogen-bond acceptors (Lipinski definition) is 4. The highest BCUT2D eigenvalue weighted by atomic mass is 32.2. The van der Waals surface area contributed by atoms with Gasteiger partial charge in [-0.05, 0) is 23.8 Å². The number of hydrogen-bond donors (Lipinski definition) is 1. The zero-order chi connectivity index (χ0) is 15.8. The Morgan fingerprint density at radius 3 is 2.59 bits per heavy atom. The predicted molar refractivity (Wildman–Crippen MR) is 88.9 cm³/mol. The molecule has 0 aliphatic rings. The highest BCUT2D eigenvalue weighted by molar-refractivity contribution is 7.98. The fourth-order valence-corrected chi connectivity index (χ4v) is 3.85. The van der Waals surface area contributed by atoms with Crippen LogP contribution in [0, 0.1) is 11.3 Å². The van der Waals surface area contributed by atoms with Crippen molar-refractivity contribution in [2.75, 3.05) is 12.3 Å². The summed E-state index contributed by atoms with van der Waals surface area (Å²) in [6, 6.07) is 18.0. The first kappa shape index (κ1) is 16.6. The minimum Gasteiger partial charge on any atom is -0.210 e. The second kappa shape index (κ2) is 7.99. The van der Waals surface area contributed by atoms with Crippen LogP contribution in [0.3, 0.4) is 0 Å². The molecule has 2 aromatic carbocycles. The van der Waals surface area contributed by atoms with E-state index >= 15 is 0 Å². The Bertz CT molecular complexity index is 753. The molecule has 0 aromatic heterocycles. The number of nitrogens with zero attached hydrogens (tertiary/aromatic N) is 1. The third kappa shape index (κ3) is 4.88. The lowest BCUT2D eigenvalue weighted by Gasteiger charge is -2.07. The van der Waals surface area contributed by atoms with Crippen LogP contribution in [-0.4, -0.2) is 20.7 Å². The molecule has 0 atom stereocenters. The van der Waals surface area contributed by atoms with Crippen molar-refractivity contribution < 1.29 is 8.42 Å². The van der Waals surface area contributed by atoms with E-state index in [0.717, 1.165) is 5.75 Å². The van der Waals surface area contributed by atoms with Gasteiger partial charge < -0.3 is 0 Å². The van der Waals surface area contributed by atoms with Crippen LogP contribution in [0.15, 0.2) is 59.5 Å². The lowest BCUT2D eigenvalue weighted by atomic mass is 10.2. The van der Waals surface area contributed by atoms with Crippen LogP contribution < -0.4 is 4.72 Å². The van der Waals surface area contributed by atoms with Crippen molar-refractivity contribution in [3.63, 3.8) is 0 Å². The fraction of sp³-hybridized carbons (Fsp3) is 0.188. The second-order valence-electron chi connectivity index (χ2n) is 4.58. The van der Waals surface area contributed by atoms with Crippen LogP contribution in [0.25, 0.3) is 0 Å². The maximum Gasteiger partial charge on any atom is 0.240 e. The Kier molecular flexibility index (Phi) is 6.01. The van der Waals surface area contributed by atoms with Gasteiger partial charge in [-0.25, -0.2) is 13.1 Å². The summed E-state index contributed by atoms with van der Waals surface area (Å²) < 4.78 is 26.8. The summed E-state index contributed by atoms with van der Waals surface area (Å²) in [5.74, 6) is 1.54. The lowest BCUT2D eigenvalue weighted by Crippen LogP contribution is -2.26. The highest BCUT2D eigenvalue weighted by Crippen LogP contribution is 2.13. The van der Waals surface area contributed by atoms with Gasteiger partial charge in [-0.3, -0.25) is 0 Å². The molecular weight excluding hydrogens is 316 g/mol. The first-order valence-electron chi connectivity index (χ1n) is 6.73. The summed E-state index contributed by atoms with van der Waals surface area (Å²) in [7, 11) is -3.55. The number of rotatable bonds is 7. The Morgan fingerprint density at radius 1 is 1.09 bits per heavy atom. The number of sulfonamides is 1. The molecule has 0 aliphatic carbocycles. The molecule has 0 radical (unpaired) electrons. The Labute approximate surface area is 135 Å². The fourth-order valence-electron chi connectivity index (χ4n) is 1.83. The predicted octanol–water partition coefficient (Wildman–Crippen LogP) is 2.77. The SMILES string of the molecule is N#Cc1cccc(S(=O)(=O)NCCSCc2ccccc2)c1. The van der Waals surface area contributed by atoms with E-state index in [-0.39, 0.29) is 4.90 Å². The summed E-state index contributed by atoms with van der Waals surface area (Å²) in [6.45, 7) is 0.358. The molecule has 6 heteroatoms.